The second-order valence-corrected chi connectivity index (χ2v) is 5.51. The Morgan fingerprint density at radius 1 is 1.65 bits per heavy atom. The van der Waals surface area contributed by atoms with E-state index in [1.165, 1.54) is 0 Å². The number of rotatable bonds is 5. The van der Waals surface area contributed by atoms with Crippen LogP contribution in [0.4, 0.5) is 0 Å². The number of nitrogens with one attached hydrogen (secondary N) is 1. The first-order valence-corrected chi connectivity index (χ1v) is 6.76. The summed E-state index contributed by atoms with van der Waals surface area (Å²) in [4.78, 5) is 15.5. The summed E-state index contributed by atoms with van der Waals surface area (Å²) in [6, 6.07) is 0. The Morgan fingerprint density at radius 3 is 3.15 bits per heavy atom. The van der Waals surface area contributed by atoms with Gasteiger partial charge in [-0.15, -0.1) is 0 Å². The van der Waals surface area contributed by atoms with Gasteiger partial charge in [-0.1, -0.05) is 0 Å². The molecule has 7 nitrogen and oxygen atoms in total. The van der Waals surface area contributed by atoms with Crippen molar-refractivity contribution < 1.29 is 14.6 Å². The molecular formula is C13H22N4O3. The van der Waals surface area contributed by atoms with Gasteiger partial charge in [-0.2, -0.15) is 5.10 Å². The fraction of sp³-hybridized carbons (Fsp3) is 0.692. The van der Waals surface area contributed by atoms with Gasteiger partial charge in [0.25, 0.3) is 0 Å². The number of H-pyrrole nitrogens is 1. The highest BCUT2D eigenvalue weighted by Gasteiger charge is 2.21. The fourth-order valence-electron chi connectivity index (χ4n) is 2.58. The van der Waals surface area contributed by atoms with Crippen molar-refractivity contribution in [3.8, 4) is 0 Å². The van der Waals surface area contributed by atoms with Crippen LogP contribution in [0.15, 0.2) is 6.20 Å². The highest BCUT2D eigenvalue weighted by molar-refractivity contribution is 5.86. The lowest BCUT2D eigenvalue weighted by molar-refractivity contribution is 0.0688. The molecule has 1 aromatic heterocycles. The summed E-state index contributed by atoms with van der Waals surface area (Å²) >= 11 is 0. The maximum Gasteiger partial charge on any atom is 0.354 e. The molecule has 0 spiro atoms. The largest absolute Gasteiger partial charge is 0.477 e. The number of carboxylic acids is 1. The number of ether oxygens (including phenoxy) is 1. The van der Waals surface area contributed by atoms with Gasteiger partial charge in [-0.3, -0.25) is 10.00 Å². The molecule has 1 atom stereocenters. The zero-order valence-corrected chi connectivity index (χ0v) is 12.0. The molecule has 2 heterocycles. The summed E-state index contributed by atoms with van der Waals surface area (Å²) in [6.07, 6.45) is 1.59. The van der Waals surface area contributed by atoms with Crippen molar-refractivity contribution >= 4 is 5.97 Å². The van der Waals surface area contributed by atoms with Crippen LogP contribution in [0.5, 0.6) is 0 Å². The molecule has 0 bridgehead atoms. The molecule has 1 saturated heterocycles. The lowest BCUT2D eigenvalue weighted by atomic mass is 10.1. The van der Waals surface area contributed by atoms with E-state index in [-0.39, 0.29) is 5.69 Å². The summed E-state index contributed by atoms with van der Waals surface area (Å²) in [5, 5.41) is 15.5. The molecule has 2 N–H and O–H groups in total. The maximum atomic E-state index is 11.1. The van der Waals surface area contributed by atoms with Crippen LogP contribution >= 0.6 is 0 Å². The minimum atomic E-state index is -0.964. The predicted octanol–water partition coefficient (Wildman–Crippen LogP) is 0.118. The van der Waals surface area contributed by atoms with Gasteiger partial charge in [-0.25, -0.2) is 4.79 Å². The van der Waals surface area contributed by atoms with Crippen molar-refractivity contribution in [3.63, 3.8) is 0 Å². The van der Waals surface area contributed by atoms with Crippen LogP contribution in [-0.4, -0.2) is 78.0 Å². The highest BCUT2D eigenvalue weighted by Crippen LogP contribution is 2.13. The summed E-state index contributed by atoms with van der Waals surface area (Å²) in [6.45, 7) is 4.71. The number of carboxylic acid groups (broad SMARTS) is 1. The summed E-state index contributed by atoms with van der Waals surface area (Å²) < 4.78 is 5.63. The standard InChI is InChI=1S/C13H22N4O3/c1-16(2)6-10-7-17(3-4-20-9-10)8-11-5-14-15-12(11)13(18)19/h5,10H,3-4,6-9H2,1-2H3,(H,14,15)(H,18,19)/t10-/m1/s1. The SMILES string of the molecule is CN(C)C[C@H]1COCCN(Cc2cn[nH]c2C(=O)O)C1. The predicted molar refractivity (Wildman–Crippen MR) is 73.7 cm³/mol. The molecule has 0 aliphatic carbocycles. The molecule has 2 rings (SSSR count). The Kier molecular flexibility index (Phi) is 5.11. The maximum absolute atomic E-state index is 11.1. The Labute approximate surface area is 118 Å². The number of aromatic nitrogens is 2. The molecular weight excluding hydrogens is 260 g/mol. The van der Waals surface area contributed by atoms with Gasteiger partial charge in [0.2, 0.25) is 0 Å². The van der Waals surface area contributed by atoms with Crippen LogP contribution in [0.1, 0.15) is 16.1 Å². The highest BCUT2D eigenvalue weighted by atomic mass is 16.5. The van der Waals surface area contributed by atoms with Gasteiger partial charge in [0.1, 0.15) is 5.69 Å². The third-order valence-corrected chi connectivity index (χ3v) is 3.37. The lowest BCUT2D eigenvalue weighted by Gasteiger charge is -2.24. The molecule has 0 saturated carbocycles. The first-order chi connectivity index (χ1) is 9.56. The molecule has 0 radical (unpaired) electrons. The van der Waals surface area contributed by atoms with Crippen LogP contribution in [0.3, 0.4) is 0 Å². The topological polar surface area (TPSA) is 81.7 Å². The van der Waals surface area contributed by atoms with Crippen molar-refractivity contribution in [2.45, 2.75) is 6.54 Å². The fourth-order valence-corrected chi connectivity index (χ4v) is 2.58. The van der Waals surface area contributed by atoms with Crippen LogP contribution in [0, 0.1) is 5.92 Å². The molecule has 1 aliphatic rings. The van der Waals surface area contributed by atoms with E-state index in [9.17, 15) is 4.79 Å². The Hall–Kier alpha value is -1.44. The molecule has 1 fully saturated rings. The molecule has 1 aliphatic heterocycles. The number of aromatic carboxylic acids is 1. The molecule has 112 valence electrons. The second-order valence-electron chi connectivity index (χ2n) is 5.51. The third kappa shape index (κ3) is 4.03. The summed E-state index contributed by atoms with van der Waals surface area (Å²) in [5.41, 5.74) is 0.905. The zero-order chi connectivity index (χ0) is 14.5. The van der Waals surface area contributed by atoms with E-state index in [4.69, 9.17) is 9.84 Å². The molecule has 0 amide bonds. The van der Waals surface area contributed by atoms with E-state index in [0.717, 1.165) is 31.8 Å². The first kappa shape index (κ1) is 15.0. The zero-order valence-electron chi connectivity index (χ0n) is 12.0. The van der Waals surface area contributed by atoms with Gasteiger partial charge in [-0.05, 0) is 14.1 Å². The summed E-state index contributed by atoms with van der Waals surface area (Å²) in [5.74, 6) is -0.527. The smallest absolute Gasteiger partial charge is 0.354 e. The Bertz CT molecular complexity index is 447. The van der Waals surface area contributed by atoms with Crippen LogP contribution in [0.2, 0.25) is 0 Å². The molecule has 0 aromatic carbocycles. The van der Waals surface area contributed by atoms with E-state index in [2.05, 4.69) is 20.0 Å². The van der Waals surface area contributed by atoms with Gasteiger partial charge in [0, 0.05) is 37.7 Å². The first-order valence-electron chi connectivity index (χ1n) is 6.76. The van der Waals surface area contributed by atoms with Gasteiger partial charge >= 0.3 is 5.97 Å². The Balaban J connectivity index is 2.00. The minimum Gasteiger partial charge on any atom is -0.477 e. The average Bonchev–Trinajstić information content (AvgIpc) is 2.71. The van der Waals surface area contributed by atoms with E-state index in [1.807, 2.05) is 14.1 Å². The van der Waals surface area contributed by atoms with Crippen LogP contribution in [0.25, 0.3) is 0 Å². The van der Waals surface area contributed by atoms with E-state index in [0.29, 0.717) is 19.1 Å². The van der Waals surface area contributed by atoms with Crippen molar-refractivity contribution in [1.29, 1.82) is 0 Å². The van der Waals surface area contributed by atoms with E-state index >= 15 is 0 Å². The van der Waals surface area contributed by atoms with E-state index in [1.54, 1.807) is 6.20 Å². The molecule has 0 unspecified atom stereocenters. The summed E-state index contributed by atoms with van der Waals surface area (Å²) in [7, 11) is 4.10. The van der Waals surface area contributed by atoms with Crippen molar-refractivity contribution in [2.75, 3.05) is 46.9 Å². The Morgan fingerprint density at radius 2 is 2.45 bits per heavy atom. The molecule has 1 aromatic rings. The van der Waals surface area contributed by atoms with Gasteiger partial charge < -0.3 is 14.7 Å². The average molecular weight is 282 g/mol. The van der Waals surface area contributed by atoms with Gasteiger partial charge in [0.15, 0.2) is 0 Å². The number of nitrogens with zero attached hydrogens (tertiary/aromatic N) is 3. The number of aromatic amines is 1. The number of hydrogen-bond acceptors (Lipinski definition) is 5. The lowest BCUT2D eigenvalue weighted by Crippen LogP contribution is -2.34. The van der Waals surface area contributed by atoms with Crippen LogP contribution < -0.4 is 0 Å². The molecule has 20 heavy (non-hydrogen) atoms. The third-order valence-electron chi connectivity index (χ3n) is 3.37. The minimum absolute atomic E-state index is 0.180. The van der Waals surface area contributed by atoms with Crippen molar-refractivity contribution in [2.24, 2.45) is 5.92 Å². The second kappa shape index (κ2) is 6.83. The normalized spacial score (nSPS) is 21.1. The monoisotopic (exact) mass is 282 g/mol. The molecule has 7 heteroatoms. The van der Waals surface area contributed by atoms with Gasteiger partial charge in [0.05, 0.1) is 19.4 Å². The quantitative estimate of drug-likeness (QED) is 0.798. The van der Waals surface area contributed by atoms with E-state index < -0.39 is 5.97 Å². The number of hydrogen-bond donors (Lipinski definition) is 2. The number of carbonyl (C=O) groups is 1. The van der Waals surface area contributed by atoms with Crippen molar-refractivity contribution in [3.05, 3.63) is 17.5 Å². The van der Waals surface area contributed by atoms with Crippen molar-refractivity contribution in [1.82, 2.24) is 20.0 Å². The van der Waals surface area contributed by atoms with Crippen LogP contribution in [-0.2, 0) is 11.3 Å².